The SMILES string of the molecule is COc1ccc(C2(Cl)C(C)(C)C2(C)C)c(OC)c1. The molecular formula is C15H21ClO2. The lowest BCUT2D eigenvalue weighted by atomic mass is 10.0. The third-order valence-corrected chi connectivity index (χ3v) is 6.15. The van der Waals surface area contributed by atoms with E-state index in [2.05, 4.69) is 27.7 Å². The number of methoxy groups -OCH3 is 2. The van der Waals surface area contributed by atoms with Crippen LogP contribution in [0.25, 0.3) is 0 Å². The van der Waals surface area contributed by atoms with Crippen molar-refractivity contribution in [3.05, 3.63) is 23.8 Å². The smallest absolute Gasteiger partial charge is 0.127 e. The topological polar surface area (TPSA) is 18.5 Å². The van der Waals surface area contributed by atoms with Gasteiger partial charge in [-0.1, -0.05) is 27.7 Å². The van der Waals surface area contributed by atoms with Crippen LogP contribution in [-0.2, 0) is 4.87 Å². The molecule has 18 heavy (non-hydrogen) atoms. The molecule has 1 fully saturated rings. The van der Waals surface area contributed by atoms with Crippen LogP contribution < -0.4 is 9.47 Å². The number of halogens is 1. The van der Waals surface area contributed by atoms with Gasteiger partial charge >= 0.3 is 0 Å². The van der Waals surface area contributed by atoms with Crippen molar-refractivity contribution in [2.24, 2.45) is 10.8 Å². The highest BCUT2D eigenvalue weighted by Gasteiger charge is 2.78. The largest absolute Gasteiger partial charge is 0.497 e. The molecule has 0 radical (unpaired) electrons. The number of hydrogen-bond donors (Lipinski definition) is 0. The Morgan fingerprint density at radius 2 is 1.50 bits per heavy atom. The lowest BCUT2D eigenvalue weighted by Gasteiger charge is -2.18. The fraction of sp³-hybridized carbons (Fsp3) is 0.600. The first-order chi connectivity index (χ1) is 8.24. The van der Waals surface area contributed by atoms with Gasteiger partial charge in [0.15, 0.2) is 0 Å². The van der Waals surface area contributed by atoms with Crippen LogP contribution in [0, 0.1) is 10.8 Å². The summed E-state index contributed by atoms with van der Waals surface area (Å²) >= 11 is 6.91. The van der Waals surface area contributed by atoms with Crippen LogP contribution in [0.3, 0.4) is 0 Å². The normalized spacial score (nSPS) is 22.4. The molecule has 1 aromatic rings. The molecule has 2 rings (SSSR count). The van der Waals surface area contributed by atoms with Gasteiger partial charge in [-0.3, -0.25) is 0 Å². The van der Waals surface area contributed by atoms with E-state index in [1.165, 1.54) is 0 Å². The molecule has 1 aliphatic rings. The number of hydrogen-bond acceptors (Lipinski definition) is 2. The van der Waals surface area contributed by atoms with E-state index >= 15 is 0 Å². The monoisotopic (exact) mass is 268 g/mol. The average molecular weight is 269 g/mol. The van der Waals surface area contributed by atoms with E-state index in [0.29, 0.717) is 0 Å². The van der Waals surface area contributed by atoms with E-state index in [-0.39, 0.29) is 10.8 Å². The summed E-state index contributed by atoms with van der Waals surface area (Å²) in [7, 11) is 3.32. The van der Waals surface area contributed by atoms with Gasteiger partial charge in [-0.15, -0.1) is 11.6 Å². The molecule has 0 atom stereocenters. The highest BCUT2D eigenvalue weighted by atomic mass is 35.5. The molecule has 100 valence electrons. The Labute approximate surface area is 114 Å². The first-order valence-electron chi connectivity index (χ1n) is 6.15. The molecule has 3 heteroatoms. The van der Waals surface area contributed by atoms with Crippen LogP contribution >= 0.6 is 11.6 Å². The quantitative estimate of drug-likeness (QED) is 0.765. The van der Waals surface area contributed by atoms with Gasteiger partial charge in [-0.25, -0.2) is 0 Å². The van der Waals surface area contributed by atoms with E-state index in [9.17, 15) is 0 Å². The predicted octanol–water partition coefficient (Wildman–Crippen LogP) is 4.20. The molecule has 1 aliphatic carbocycles. The lowest BCUT2D eigenvalue weighted by Crippen LogP contribution is -2.10. The standard InChI is InChI=1S/C15H21ClO2/c1-13(2)14(3,4)15(13,16)11-8-7-10(17-5)9-12(11)18-6/h7-9H,1-6H3. The molecule has 0 aliphatic heterocycles. The van der Waals surface area contributed by atoms with Crippen LogP contribution in [0.1, 0.15) is 33.3 Å². The zero-order valence-electron chi connectivity index (χ0n) is 11.9. The molecule has 0 spiro atoms. The molecule has 0 amide bonds. The number of benzene rings is 1. The maximum absolute atomic E-state index is 6.91. The summed E-state index contributed by atoms with van der Waals surface area (Å²) in [5.74, 6) is 1.58. The first-order valence-corrected chi connectivity index (χ1v) is 6.53. The minimum atomic E-state index is -0.391. The van der Waals surface area contributed by atoms with E-state index < -0.39 is 4.87 Å². The Kier molecular flexibility index (Phi) is 2.86. The van der Waals surface area contributed by atoms with Crippen LogP contribution in [-0.4, -0.2) is 14.2 Å². The summed E-state index contributed by atoms with van der Waals surface area (Å²) in [6, 6.07) is 5.84. The summed E-state index contributed by atoms with van der Waals surface area (Å²) in [6.07, 6.45) is 0. The molecule has 0 aromatic heterocycles. The van der Waals surface area contributed by atoms with Crippen LogP contribution in [0.5, 0.6) is 11.5 Å². The van der Waals surface area contributed by atoms with Gasteiger partial charge in [0.05, 0.1) is 19.1 Å². The predicted molar refractivity (Wildman–Crippen MR) is 74.6 cm³/mol. The third kappa shape index (κ3) is 1.36. The second-order valence-corrected chi connectivity index (χ2v) is 6.54. The maximum Gasteiger partial charge on any atom is 0.127 e. The Bertz CT molecular complexity index is 463. The summed E-state index contributed by atoms with van der Waals surface area (Å²) in [5.41, 5.74) is 1.11. The fourth-order valence-corrected chi connectivity index (χ4v) is 3.58. The Hall–Kier alpha value is -0.890. The van der Waals surface area contributed by atoms with Crippen molar-refractivity contribution in [2.75, 3.05) is 14.2 Å². The van der Waals surface area contributed by atoms with Crippen molar-refractivity contribution in [3.8, 4) is 11.5 Å². The molecule has 1 saturated carbocycles. The summed E-state index contributed by atoms with van der Waals surface area (Å²) in [4.78, 5) is -0.391. The number of rotatable bonds is 3. The van der Waals surface area contributed by atoms with Gasteiger partial charge in [0.1, 0.15) is 11.5 Å². The van der Waals surface area contributed by atoms with Crippen molar-refractivity contribution >= 4 is 11.6 Å². The van der Waals surface area contributed by atoms with Crippen LogP contribution in [0.15, 0.2) is 18.2 Å². The maximum atomic E-state index is 6.91. The summed E-state index contributed by atoms with van der Waals surface area (Å²) in [6.45, 7) is 8.79. The lowest BCUT2D eigenvalue weighted by molar-refractivity contribution is 0.388. The van der Waals surface area contributed by atoms with Gasteiger partial charge in [0.25, 0.3) is 0 Å². The summed E-state index contributed by atoms with van der Waals surface area (Å²) < 4.78 is 10.7. The van der Waals surface area contributed by atoms with Gasteiger partial charge in [-0.2, -0.15) is 0 Å². The molecule has 0 heterocycles. The van der Waals surface area contributed by atoms with Gasteiger partial charge in [-0.05, 0) is 23.0 Å². The van der Waals surface area contributed by atoms with E-state index in [0.717, 1.165) is 17.1 Å². The molecule has 0 unspecified atom stereocenters. The second kappa shape index (κ2) is 3.80. The fourth-order valence-electron chi connectivity index (χ4n) is 3.00. The zero-order chi connectivity index (χ0) is 13.8. The first kappa shape index (κ1) is 13.5. The van der Waals surface area contributed by atoms with Crippen LogP contribution in [0.2, 0.25) is 0 Å². The Morgan fingerprint density at radius 3 is 1.89 bits per heavy atom. The van der Waals surface area contributed by atoms with Crippen molar-refractivity contribution in [3.63, 3.8) is 0 Å². The third-order valence-electron chi connectivity index (χ3n) is 5.00. The number of ether oxygens (including phenoxy) is 2. The van der Waals surface area contributed by atoms with Crippen LogP contribution in [0.4, 0.5) is 0 Å². The minimum absolute atomic E-state index is 0.0312. The molecule has 0 bridgehead atoms. The van der Waals surface area contributed by atoms with Crippen molar-refractivity contribution in [1.82, 2.24) is 0 Å². The highest BCUT2D eigenvalue weighted by molar-refractivity contribution is 6.28. The minimum Gasteiger partial charge on any atom is -0.497 e. The molecule has 2 nitrogen and oxygen atoms in total. The molecular weight excluding hydrogens is 248 g/mol. The van der Waals surface area contributed by atoms with Crippen molar-refractivity contribution in [1.29, 1.82) is 0 Å². The number of alkyl halides is 1. The average Bonchev–Trinajstić information content (AvgIpc) is 2.66. The van der Waals surface area contributed by atoms with E-state index in [1.807, 2.05) is 18.2 Å². The molecule has 1 aromatic carbocycles. The highest BCUT2D eigenvalue weighted by Crippen LogP contribution is 2.81. The molecule has 0 N–H and O–H groups in total. The Balaban J connectivity index is 2.54. The molecule has 0 saturated heterocycles. The summed E-state index contributed by atoms with van der Waals surface area (Å²) in [5, 5.41) is 0. The Morgan fingerprint density at radius 1 is 0.944 bits per heavy atom. The second-order valence-electron chi connectivity index (χ2n) is 5.97. The van der Waals surface area contributed by atoms with Gasteiger partial charge in [0.2, 0.25) is 0 Å². The van der Waals surface area contributed by atoms with Gasteiger partial charge < -0.3 is 9.47 Å². The van der Waals surface area contributed by atoms with Gasteiger partial charge in [0, 0.05) is 11.6 Å². The van der Waals surface area contributed by atoms with E-state index in [1.54, 1.807) is 14.2 Å². The van der Waals surface area contributed by atoms with E-state index in [4.69, 9.17) is 21.1 Å². The van der Waals surface area contributed by atoms with Crippen molar-refractivity contribution < 1.29 is 9.47 Å². The zero-order valence-corrected chi connectivity index (χ0v) is 12.7. The van der Waals surface area contributed by atoms with Crippen molar-refractivity contribution in [2.45, 2.75) is 32.6 Å².